The van der Waals surface area contributed by atoms with E-state index >= 15 is 0 Å². The molecular weight excluding hydrogens is 188 g/mol. The van der Waals surface area contributed by atoms with Gasteiger partial charge in [-0.2, -0.15) is 0 Å². The zero-order valence-corrected chi connectivity index (χ0v) is 10.2. The van der Waals surface area contributed by atoms with Crippen LogP contribution in [0.5, 0.6) is 0 Å². The molecular formula is C12H26N2O. The van der Waals surface area contributed by atoms with E-state index in [1.165, 1.54) is 25.9 Å². The van der Waals surface area contributed by atoms with Crippen molar-refractivity contribution in [2.45, 2.75) is 26.7 Å². The fourth-order valence-electron chi connectivity index (χ4n) is 2.10. The monoisotopic (exact) mass is 214 g/mol. The van der Waals surface area contributed by atoms with Crippen molar-refractivity contribution in [2.24, 2.45) is 17.6 Å². The first kappa shape index (κ1) is 12.9. The second kappa shape index (κ2) is 7.20. The van der Waals surface area contributed by atoms with Crippen LogP contribution in [0.15, 0.2) is 0 Å². The van der Waals surface area contributed by atoms with Gasteiger partial charge in [-0.15, -0.1) is 0 Å². The summed E-state index contributed by atoms with van der Waals surface area (Å²) < 4.78 is 5.59. The Kier molecular flexibility index (Phi) is 6.22. The molecule has 3 heteroatoms. The Morgan fingerprint density at radius 3 is 2.93 bits per heavy atom. The van der Waals surface area contributed by atoms with Gasteiger partial charge in [0.15, 0.2) is 0 Å². The molecule has 0 aliphatic carbocycles. The number of nitrogens with two attached hydrogens (primary N) is 1. The highest BCUT2D eigenvalue weighted by Gasteiger charge is 2.20. The minimum Gasteiger partial charge on any atom is -0.380 e. The normalized spacial score (nSPS) is 22.8. The van der Waals surface area contributed by atoms with Crippen LogP contribution in [-0.4, -0.2) is 44.3 Å². The molecule has 1 rings (SSSR count). The van der Waals surface area contributed by atoms with Gasteiger partial charge in [0.05, 0.1) is 6.61 Å². The van der Waals surface area contributed by atoms with Crippen molar-refractivity contribution in [3.8, 4) is 0 Å². The van der Waals surface area contributed by atoms with Crippen LogP contribution in [0.4, 0.5) is 0 Å². The number of nitrogens with zero attached hydrogens (tertiary/aromatic N) is 1. The Balaban J connectivity index is 1.99. The average Bonchev–Trinajstić information content (AvgIpc) is 2.61. The van der Waals surface area contributed by atoms with Gasteiger partial charge in [-0.3, -0.25) is 0 Å². The minimum atomic E-state index is 0.647. The average molecular weight is 214 g/mol. The van der Waals surface area contributed by atoms with Crippen LogP contribution in [0.3, 0.4) is 0 Å². The first-order chi connectivity index (χ1) is 7.22. The third kappa shape index (κ3) is 5.50. The van der Waals surface area contributed by atoms with Gasteiger partial charge >= 0.3 is 0 Å². The maximum atomic E-state index is 5.59. The quantitative estimate of drug-likeness (QED) is 0.650. The summed E-state index contributed by atoms with van der Waals surface area (Å²) in [5.41, 5.74) is 5.57. The van der Waals surface area contributed by atoms with Crippen molar-refractivity contribution in [1.82, 2.24) is 4.90 Å². The summed E-state index contributed by atoms with van der Waals surface area (Å²) in [5.74, 6) is 1.48. The van der Waals surface area contributed by atoms with Crippen LogP contribution in [0.25, 0.3) is 0 Å². The number of rotatable bonds is 7. The Morgan fingerprint density at radius 1 is 1.47 bits per heavy atom. The van der Waals surface area contributed by atoms with Gasteiger partial charge in [-0.25, -0.2) is 0 Å². The van der Waals surface area contributed by atoms with Gasteiger partial charge in [0.1, 0.15) is 0 Å². The van der Waals surface area contributed by atoms with Crippen LogP contribution in [0.2, 0.25) is 0 Å². The molecule has 15 heavy (non-hydrogen) atoms. The topological polar surface area (TPSA) is 38.5 Å². The van der Waals surface area contributed by atoms with Crippen molar-refractivity contribution in [2.75, 3.05) is 39.4 Å². The Bertz CT molecular complexity index is 162. The summed E-state index contributed by atoms with van der Waals surface area (Å²) in [6.07, 6.45) is 2.50. The Morgan fingerprint density at radius 2 is 2.27 bits per heavy atom. The summed E-state index contributed by atoms with van der Waals surface area (Å²) >= 11 is 0. The maximum Gasteiger partial charge on any atom is 0.0593 e. The van der Waals surface area contributed by atoms with Crippen molar-refractivity contribution < 1.29 is 4.74 Å². The molecule has 90 valence electrons. The standard InChI is InChI=1S/C12H26N2O/c1-11(2)10-15-8-7-14-6-4-12(9-14)3-5-13/h11-12H,3-10,13H2,1-2H3. The van der Waals surface area contributed by atoms with Crippen molar-refractivity contribution in [3.63, 3.8) is 0 Å². The third-order valence-corrected chi connectivity index (χ3v) is 2.95. The Hall–Kier alpha value is -0.120. The summed E-state index contributed by atoms with van der Waals surface area (Å²) in [6.45, 7) is 10.5. The second-order valence-corrected chi connectivity index (χ2v) is 5.00. The molecule has 1 aliphatic rings. The smallest absolute Gasteiger partial charge is 0.0593 e. The molecule has 1 atom stereocenters. The predicted molar refractivity (Wildman–Crippen MR) is 63.9 cm³/mol. The summed E-state index contributed by atoms with van der Waals surface area (Å²) in [7, 11) is 0. The van der Waals surface area contributed by atoms with Crippen molar-refractivity contribution in [1.29, 1.82) is 0 Å². The van der Waals surface area contributed by atoms with Gasteiger partial charge < -0.3 is 15.4 Å². The van der Waals surface area contributed by atoms with E-state index in [4.69, 9.17) is 10.5 Å². The summed E-state index contributed by atoms with van der Waals surface area (Å²) in [6, 6.07) is 0. The van der Waals surface area contributed by atoms with Crippen LogP contribution in [-0.2, 0) is 4.74 Å². The van der Waals surface area contributed by atoms with Crippen LogP contribution >= 0.6 is 0 Å². The Labute approximate surface area is 94.0 Å². The molecule has 0 aromatic carbocycles. The number of ether oxygens (including phenoxy) is 1. The van der Waals surface area contributed by atoms with E-state index in [0.29, 0.717) is 5.92 Å². The van der Waals surface area contributed by atoms with Crippen LogP contribution in [0, 0.1) is 11.8 Å². The second-order valence-electron chi connectivity index (χ2n) is 5.00. The molecule has 1 saturated heterocycles. The molecule has 3 nitrogen and oxygen atoms in total. The molecule has 0 radical (unpaired) electrons. The van der Waals surface area contributed by atoms with E-state index < -0.39 is 0 Å². The molecule has 1 heterocycles. The first-order valence-corrected chi connectivity index (χ1v) is 6.22. The molecule has 1 fully saturated rings. The fraction of sp³-hybridized carbons (Fsp3) is 1.00. The van der Waals surface area contributed by atoms with E-state index in [-0.39, 0.29) is 0 Å². The highest BCUT2D eigenvalue weighted by molar-refractivity contribution is 4.75. The van der Waals surface area contributed by atoms with Gasteiger partial charge in [-0.05, 0) is 37.8 Å². The van der Waals surface area contributed by atoms with E-state index in [2.05, 4.69) is 18.7 Å². The van der Waals surface area contributed by atoms with Gasteiger partial charge in [0, 0.05) is 19.7 Å². The lowest BCUT2D eigenvalue weighted by molar-refractivity contribution is 0.0903. The fourth-order valence-corrected chi connectivity index (χ4v) is 2.10. The molecule has 0 aromatic heterocycles. The first-order valence-electron chi connectivity index (χ1n) is 6.22. The highest BCUT2D eigenvalue weighted by Crippen LogP contribution is 2.18. The van der Waals surface area contributed by atoms with Gasteiger partial charge in [-0.1, -0.05) is 13.8 Å². The van der Waals surface area contributed by atoms with E-state index in [0.717, 1.165) is 32.2 Å². The van der Waals surface area contributed by atoms with Gasteiger partial charge in [0.2, 0.25) is 0 Å². The van der Waals surface area contributed by atoms with Crippen molar-refractivity contribution >= 4 is 0 Å². The summed E-state index contributed by atoms with van der Waals surface area (Å²) in [5, 5.41) is 0. The van der Waals surface area contributed by atoms with Crippen LogP contribution < -0.4 is 5.73 Å². The largest absolute Gasteiger partial charge is 0.380 e. The lowest BCUT2D eigenvalue weighted by Crippen LogP contribution is -2.26. The minimum absolute atomic E-state index is 0.647. The molecule has 2 N–H and O–H groups in total. The highest BCUT2D eigenvalue weighted by atomic mass is 16.5. The molecule has 0 spiro atoms. The zero-order valence-electron chi connectivity index (χ0n) is 10.2. The SMILES string of the molecule is CC(C)COCCN1CCC(CCN)C1. The molecule has 1 aliphatic heterocycles. The van der Waals surface area contributed by atoms with Crippen molar-refractivity contribution in [3.05, 3.63) is 0 Å². The summed E-state index contributed by atoms with van der Waals surface area (Å²) in [4.78, 5) is 2.50. The predicted octanol–water partition coefficient (Wildman–Crippen LogP) is 1.33. The maximum absolute atomic E-state index is 5.59. The number of likely N-dealkylation sites (tertiary alicyclic amines) is 1. The molecule has 0 saturated carbocycles. The number of hydrogen-bond donors (Lipinski definition) is 1. The van der Waals surface area contributed by atoms with E-state index in [9.17, 15) is 0 Å². The molecule has 0 amide bonds. The molecule has 0 bridgehead atoms. The zero-order chi connectivity index (χ0) is 11.1. The van der Waals surface area contributed by atoms with E-state index in [1.807, 2.05) is 0 Å². The lowest BCUT2D eigenvalue weighted by Gasteiger charge is -2.16. The van der Waals surface area contributed by atoms with E-state index in [1.54, 1.807) is 0 Å². The van der Waals surface area contributed by atoms with Crippen LogP contribution in [0.1, 0.15) is 26.7 Å². The third-order valence-electron chi connectivity index (χ3n) is 2.95. The molecule has 1 unspecified atom stereocenters. The van der Waals surface area contributed by atoms with Gasteiger partial charge in [0.25, 0.3) is 0 Å². The number of hydrogen-bond acceptors (Lipinski definition) is 3. The lowest BCUT2D eigenvalue weighted by atomic mass is 10.1. The molecule has 0 aromatic rings.